The molecule has 7 heteroatoms. The van der Waals surface area contributed by atoms with Gasteiger partial charge in [-0.1, -0.05) is 29.8 Å². The van der Waals surface area contributed by atoms with E-state index >= 15 is 0 Å². The van der Waals surface area contributed by atoms with Gasteiger partial charge >= 0.3 is 6.18 Å². The second kappa shape index (κ2) is 5.59. The Morgan fingerprint density at radius 1 is 1.29 bits per heavy atom. The lowest BCUT2D eigenvalue weighted by Crippen LogP contribution is -2.26. The first-order valence-corrected chi connectivity index (χ1v) is 6.23. The van der Waals surface area contributed by atoms with Crippen molar-refractivity contribution in [2.45, 2.75) is 19.0 Å². The molecule has 4 nitrogen and oxygen atoms in total. The highest BCUT2D eigenvalue weighted by Crippen LogP contribution is 2.31. The maximum Gasteiger partial charge on any atom is 0.435 e. The Morgan fingerprint density at radius 2 is 1.90 bits per heavy atom. The molecule has 1 aromatic carbocycles. The number of likely N-dealkylation sites (N-methyl/N-ethyl adjacent to an activating group) is 1. The minimum Gasteiger partial charge on any atom is -0.358 e. The molecule has 0 saturated carbocycles. The minimum atomic E-state index is -4.55. The zero-order valence-electron chi connectivity index (χ0n) is 11.5. The van der Waals surface area contributed by atoms with E-state index in [1.165, 1.54) is 7.05 Å². The summed E-state index contributed by atoms with van der Waals surface area (Å²) in [4.78, 5) is 12.0. The van der Waals surface area contributed by atoms with E-state index in [9.17, 15) is 18.0 Å². The number of alkyl halides is 3. The lowest BCUT2D eigenvalue weighted by molar-refractivity contribution is -0.141. The molecule has 0 aliphatic carbocycles. The van der Waals surface area contributed by atoms with Crippen LogP contribution < -0.4 is 5.32 Å². The summed E-state index contributed by atoms with van der Waals surface area (Å²) in [6.45, 7) is 1.89. The third kappa shape index (κ3) is 3.24. The lowest BCUT2D eigenvalue weighted by atomic mass is 9.94. The summed E-state index contributed by atoms with van der Waals surface area (Å²) in [7, 11) is 1.44. The van der Waals surface area contributed by atoms with Gasteiger partial charge in [0.15, 0.2) is 5.69 Å². The largest absolute Gasteiger partial charge is 0.435 e. The maximum atomic E-state index is 12.6. The zero-order chi connectivity index (χ0) is 15.6. The van der Waals surface area contributed by atoms with Crippen LogP contribution in [0.1, 0.15) is 28.4 Å². The third-order valence-electron chi connectivity index (χ3n) is 3.12. The first-order chi connectivity index (χ1) is 9.82. The smallest absolute Gasteiger partial charge is 0.358 e. The summed E-state index contributed by atoms with van der Waals surface area (Å²) >= 11 is 0. The topological polar surface area (TPSA) is 57.8 Å². The summed E-state index contributed by atoms with van der Waals surface area (Å²) in [6, 6.07) is 7.88. The van der Waals surface area contributed by atoms with Gasteiger partial charge < -0.3 is 5.32 Å². The summed E-state index contributed by atoms with van der Waals surface area (Å²) in [6.07, 6.45) is -4.55. The third-order valence-corrected chi connectivity index (χ3v) is 3.12. The van der Waals surface area contributed by atoms with Gasteiger partial charge in [-0.2, -0.15) is 18.3 Å². The number of H-pyrrole nitrogens is 1. The van der Waals surface area contributed by atoms with Gasteiger partial charge in [0.1, 0.15) is 5.92 Å². The van der Waals surface area contributed by atoms with Gasteiger partial charge in [-0.15, -0.1) is 0 Å². The van der Waals surface area contributed by atoms with E-state index in [-0.39, 0.29) is 5.69 Å². The van der Waals surface area contributed by atoms with E-state index in [2.05, 4.69) is 15.5 Å². The molecule has 0 spiro atoms. The fraction of sp³-hybridized carbons (Fsp3) is 0.286. The molecule has 0 saturated heterocycles. The van der Waals surface area contributed by atoms with Crippen molar-refractivity contribution in [2.75, 3.05) is 7.05 Å². The Kier molecular flexibility index (Phi) is 4.02. The van der Waals surface area contributed by atoms with Crippen molar-refractivity contribution < 1.29 is 18.0 Å². The van der Waals surface area contributed by atoms with Crippen LogP contribution in [0.5, 0.6) is 0 Å². The number of carbonyl (C=O) groups is 1. The number of hydrogen-bond acceptors (Lipinski definition) is 2. The van der Waals surface area contributed by atoms with E-state index in [4.69, 9.17) is 0 Å². The van der Waals surface area contributed by atoms with Crippen LogP contribution in [0.15, 0.2) is 30.3 Å². The first kappa shape index (κ1) is 15.1. The second-order valence-corrected chi connectivity index (χ2v) is 4.66. The molecule has 2 N–H and O–H groups in total. The van der Waals surface area contributed by atoms with Crippen LogP contribution in [-0.2, 0) is 11.0 Å². The molecule has 2 aromatic rings. The summed E-state index contributed by atoms with van der Waals surface area (Å²) < 4.78 is 37.9. The number of carbonyl (C=O) groups excluding carboxylic acids is 1. The van der Waals surface area contributed by atoms with Crippen molar-refractivity contribution in [3.05, 3.63) is 52.8 Å². The average Bonchev–Trinajstić information content (AvgIpc) is 2.90. The Bertz CT molecular complexity index is 632. The van der Waals surface area contributed by atoms with Gasteiger partial charge in [0, 0.05) is 7.05 Å². The van der Waals surface area contributed by atoms with Gasteiger partial charge in [-0.25, -0.2) is 0 Å². The van der Waals surface area contributed by atoms with Gasteiger partial charge in [0.2, 0.25) is 5.91 Å². The van der Waals surface area contributed by atoms with Crippen molar-refractivity contribution in [1.29, 1.82) is 0 Å². The Morgan fingerprint density at radius 3 is 2.38 bits per heavy atom. The van der Waals surface area contributed by atoms with Crippen LogP contribution in [-0.4, -0.2) is 23.2 Å². The highest BCUT2D eigenvalue weighted by Gasteiger charge is 2.35. The normalized spacial score (nSPS) is 13.0. The highest BCUT2D eigenvalue weighted by atomic mass is 19.4. The Hall–Kier alpha value is -2.31. The van der Waals surface area contributed by atoms with Gasteiger partial charge in [0.05, 0.1) is 5.69 Å². The summed E-state index contributed by atoms with van der Waals surface area (Å²) in [5.41, 5.74) is 0.649. The first-order valence-electron chi connectivity index (χ1n) is 6.23. The Balaban J connectivity index is 2.44. The second-order valence-electron chi connectivity index (χ2n) is 4.66. The number of rotatable bonds is 3. The number of benzene rings is 1. The quantitative estimate of drug-likeness (QED) is 0.915. The summed E-state index contributed by atoms with van der Waals surface area (Å²) in [5.74, 6) is -1.27. The molecule has 1 heterocycles. The molecular weight excluding hydrogens is 283 g/mol. The highest BCUT2D eigenvalue weighted by molar-refractivity contribution is 5.86. The van der Waals surface area contributed by atoms with Crippen LogP contribution >= 0.6 is 0 Å². The monoisotopic (exact) mass is 297 g/mol. The molecule has 21 heavy (non-hydrogen) atoms. The van der Waals surface area contributed by atoms with E-state index in [0.717, 1.165) is 11.6 Å². The molecule has 0 aliphatic rings. The summed E-state index contributed by atoms with van der Waals surface area (Å²) in [5, 5.41) is 8.00. The molecule has 0 fully saturated rings. The fourth-order valence-corrected chi connectivity index (χ4v) is 2.01. The molecule has 1 unspecified atom stereocenters. The van der Waals surface area contributed by atoms with Gasteiger partial charge in [-0.3, -0.25) is 9.89 Å². The van der Waals surface area contributed by atoms with Crippen molar-refractivity contribution in [3.8, 4) is 0 Å². The number of halogens is 3. The van der Waals surface area contributed by atoms with Crippen LogP contribution in [0.25, 0.3) is 0 Å². The predicted molar refractivity (Wildman–Crippen MR) is 70.7 cm³/mol. The molecule has 0 aliphatic heterocycles. The van der Waals surface area contributed by atoms with E-state index in [1.54, 1.807) is 24.3 Å². The number of amides is 1. The van der Waals surface area contributed by atoms with Crippen molar-refractivity contribution in [2.24, 2.45) is 0 Å². The average molecular weight is 297 g/mol. The van der Waals surface area contributed by atoms with E-state index < -0.39 is 23.7 Å². The molecule has 1 atom stereocenters. The van der Waals surface area contributed by atoms with Gasteiger partial charge in [0.25, 0.3) is 0 Å². The zero-order valence-corrected chi connectivity index (χ0v) is 11.5. The van der Waals surface area contributed by atoms with Crippen LogP contribution in [0.4, 0.5) is 13.2 Å². The Labute approximate surface area is 119 Å². The minimum absolute atomic E-state index is 0.102. The van der Waals surface area contributed by atoms with Crippen LogP contribution in [0, 0.1) is 6.92 Å². The van der Waals surface area contributed by atoms with Crippen molar-refractivity contribution >= 4 is 5.91 Å². The lowest BCUT2D eigenvalue weighted by Gasteiger charge is -2.14. The van der Waals surface area contributed by atoms with E-state index in [1.807, 2.05) is 6.92 Å². The standard InChI is InChI=1S/C14H14F3N3O/c1-8-3-5-9(6-4-8)12(13(21)18-2)10-7-11(20-19-10)14(15,16)17/h3-7,12H,1-2H3,(H,18,21)(H,19,20). The molecule has 0 bridgehead atoms. The SMILES string of the molecule is CNC(=O)C(c1ccc(C)cc1)c1cc(C(F)(F)F)n[nH]1. The molecule has 2 rings (SSSR count). The maximum absolute atomic E-state index is 12.6. The number of nitrogens with zero attached hydrogens (tertiary/aromatic N) is 1. The van der Waals surface area contributed by atoms with Crippen molar-refractivity contribution in [3.63, 3.8) is 0 Å². The molecule has 1 amide bonds. The van der Waals surface area contributed by atoms with Crippen LogP contribution in [0.3, 0.4) is 0 Å². The molecular formula is C14H14F3N3O. The number of aryl methyl sites for hydroxylation is 1. The molecule has 112 valence electrons. The van der Waals surface area contributed by atoms with Crippen molar-refractivity contribution in [1.82, 2.24) is 15.5 Å². The van der Waals surface area contributed by atoms with E-state index in [0.29, 0.717) is 5.56 Å². The van der Waals surface area contributed by atoms with Crippen LogP contribution in [0.2, 0.25) is 0 Å². The number of aromatic amines is 1. The fourth-order valence-electron chi connectivity index (χ4n) is 2.01. The molecule has 0 radical (unpaired) electrons. The predicted octanol–water partition coefficient (Wildman–Crippen LogP) is 2.61. The molecule has 1 aromatic heterocycles. The number of hydrogen-bond donors (Lipinski definition) is 2. The number of nitrogens with one attached hydrogen (secondary N) is 2. The van der Waals surface area contributed by atoms with Gasteiger partial charge in [-0.05, 0) is 18.6 Å². The number of aromatic nitrogens is 2.